The van der Waals surface area contributed by atoms with Gasteiger partial charge in [0.25, 0.3) is 5.56 Å². The van der Waals surface area contributed by atoms with Crippen molar-refractivity contribution in [1.29, 1.82) is 0 Å². The smallest absolute Gasteiger partial charge is 0.271 e. The number of hydrogen-bond acceptors (Lipinski definition) is 4. The number of rotatable bonds is 2. The molecular formula is C11H17ClN4O. The van der Waals surface area contributed by atoms with Crippen LogP contribution >= 0.6 is 11.6 Å². The van der Waals surface area contributed by atoms with Gasteiger partial charge in [0.05, 0.1) is 6.33 Å². The molecule has 0 aliphatic carbocycles. The van der Waals surface area contributed by atoms with Crippen molar-refractivity contribution in [3.05, 3.63) is 21.7 Å². The van der Waals surface area contributed by atoms with Gasteiger partial charge in [0, 0.05) is 19.1 Å². The molecule has 6 heteroatoms. The van der Waals surface area contributed by atoms with Gasteiger partial charge in [-0.05, 0) is 25.7 Å². The summed E-state index contributed by atoms with van der Waals surface area (Å²) < 4.78 is 0. The average Bonchev–Trinajstić information content (AvgIpc) is 2.33. The van der Waals surface area contributed by atoms with E-state index < -0.39 is 0 Å². The highest BCUT2D eigenvalue weighted by atomic mass is 35.5. The van der Waals surface area contributed by atoms with E-state index in [1.807, 2.05) is 6.92 Å². The lowest BCUT2D eigenvalue weighted by atomic mass is 9.92. The number of hydrogen-bond donors (Lipinski definition) is 2. The average molecular weight is 257 g/mol. The van der Waals surface area contributed by atoms with E-state index in [0.29, 0.717) is 11.7 Å². The van der Waals surface area contributed by atoms with Crippen molar-refractivity contribution in [2.45, 2.75) is 25.8 Å². The maximum Gasteiger partial charge on any atom is 0.271 e. The Morgan fingerprint density at radius 3 is 3.18 bits per heavy atom. The van der Waals surface area contributed by atoms with Crippen LogP contribution < -0.4 is 16.2 Å². The van der Waals surface area contributed by atoms with E-state index >= 15 is 0 Å². The predicted octanol–water partition coefficient (Wildman–Crippen LogP) is 0.987. The Morgan fingerprint density at radius 1 is 1.71 bits per heavy atom. The summed E-state index contributed by atoms with van der Waals surface area (Å²) in [5, 5.41) is 0.165. The lowest BCUT2D eigenvalue weighted by Crippen LogP contribution is -2.43. The Bertz CT molecular complexity index is 445. The lowest BCUT2D eigenvalue weighted by molar-refractivity contribution is 0.363. The van der Waals surface area contributed by atoms with Crippen LogP contribution in [0, 0.1) is 5.92 Å². The van der Waals surface area contributed by atoms with E-state index in [0.717, 1.165) is 25.9 Å². The normalized spacial score (nSPS) is 22.5. The Balaban J connectivity index is 2.22. The van der Waals surface area contributed by atoms with Crippen LogP contribution in [0.5, 0.6) is 0 Å². The highest BCUT2D eigenvalue weighted by Crippen LogP contribution is 2.26. The first-order valence-corrected chi connectivity index (χ1v) is 6.21. The SMILES string of the molecule is CC(N)C1CCCN(c2nc[nH]c(=O)c2Cl)C1. The molecule has 1 aromatic rings. The largest absolute Gasteiger partial charge is 0.355 e. The van der Waals surface area contributed by atoms with E-state index in [-0.39, 0.29) is 16.6 Å². The van der Waals surface area contributed by atoms with Crippen LogP contribution in [0.15, 0.2) is 11.1 Å². The van der Waals surface area contributed by atoms with Crippen LogP contribution in [-0.2, 0) is 0 Å². The molecule has 1 saturated heterocycles. The zero-order valence-electron chi connectivity index (χ0n) is 9.82. The first kappa shape index (κ1) is 12.4. The maximum absolute atomic E-state index is 11.4. The number of anilines is 1. The fourth-order valence-electron chi connectivity index (χ4n) is 2.23. The third-order valence-electron chi connectivity index (χ3n) is 3.28. The van der Waals surface area contributed by atoms with Crippen LogP contribution in [0.4, 0.5) is 5.82 Å². The Morgan fingerprint density at radius 2 is 2.47 bits per heavy atom. The molecule has 94 valence electrons. The quantitative estimate of drug-likeness (QED) is 0.827. The van der Waals surface area contributed by atoms with Crippen molar-refractivity contribution in [3.8, 4) is 0 Å². The molecular weight excluding hydrogens is 240 g/mol. The molecule has 2 heterocycles. The van der Waals surface area contributed by atoms with E-state index in [9.17, 15) is 4.79 Å². The van der Waals surface area contributed by atoms with Crippen molar-refractivity contribution in [3.63, 3.8) is 0 Å². The number of aromatic amines is 1. The van der Waals surface area contributed by atoms with Crippen molar-refractivity contribution in [2.24, 2.45) is 11.7 Å². The van der Waals surface area contributed by atoms with E-state index in [4.69, 9.17) is 17.3 Å². The minimum atomic E-state index is -0.292. The highest BCUT2D eigenvalue weighted by Gasteiger charge is 2.25. The first-order chi connectivity index (χ1) is 8.09. The molecule has 0 amide bonds. The zero-order valence-corrected chi connectivity index (χ0v) is 10.6. The second-order valence-corrected chi connectivity index (χ2v) is 4.95. The second-order valence-electron chi connectivity index (χ2n) is 4.58. The fraction of sp³-hybridized carbons (Fsp3) is 0.636. The third kappa shape index (κ3) is 2.61. The van der Waals surface area contributed by atoms with Crippen LogP contribution in [0.25, 0.3) is 0 Å². The summed E-state index contributed by atoms with van der Waals surface area (Å²) >= 11 is 5.97. The molecule has 1 aromatic heterocycles. The summed E-state index contributed by atoms with van der Waals surface area (Å²) in [5.41, 5.74) is 5.64. The fourth-order valence-corrected chi connectivity index (χ4v) is 2.45. The van der Waals surface area contributed by atoms with Gasteiger partial charge in [0.15, 0.2) is 5.82 Å². The van der Waals surface area contributed by atoms with Gasteiger partial charge in [-0.25, -0.2) is 4.98 Å². The van der Waals surface area contributed by atoms with Gasteiger partial charge in [-0.2, -0.15) is 0 Å². The maximum atomic E-state index is 11.4. The number of nitrogens with two attached hydrogens (primary N) is 1. The number of halogens is 1. The Labute approximate surface area is 105 Å². The van der Waals surface area contributed by atoms with Gasteiger partial charge in [0.1, 0.15) is 5.02 Å². The van der Waals surface area contributed by atoms with Gasteiger partial charge in [-0.3, -0.25) is 4.79 Å². The predicted molar refractivity (Wildman–Crippen MR) is 68.5 cm³/mol. The molecule has 17 heavy (non-hydrogen) atoms. The molecule has 1 fully saturated rings. The monoisotopic (exact) mass is 256 g/mol. The molecule has 1 aliphatic rings. The zero-order chi connectivity index (χ0) is 12.4. The molecule has 1 aliphatic heterocycles. The number of H-pyrrole nitrogens is 1. The summed E-state index contributed by atoms with van der Waals surface area (Å²) in [6.45, 7) is 3.70. The minimum absolute atomic E-state index is 0.151. The van der Waals surface area contributed by atoms with Crippen molar-refractivity contribution in [2.75, 3.05) is 18.0 Å². The lowest BCUT2D eigenvalue weighted by Gasteiger charge is -2.35. The molecule has 2 rings (SSSR count). The van der Waals surface area contributed by atoms with Gasteiger partial charge in [0.2, 0.25) is 0 Å². The summed E-state index contributed by atoms with van der Waals surface area (Å²) in [4.78, 5) is 20.1. The summed E-state index contributed by atoms with van der Waals surface area (Å²) in [7, 11) is 0. The van der Waals surface area contributed by atoms with Crippen molar-refractivity contribution < 1.29 is 0 Å². The third-order valence-corrected chi connectivity index (χ3v) is 3.62. The van der Waals surface area contributed by atoms with Crippen LogP contribution in [0.1, 0.15) is 19.8 Å². The van der Waals surface area contributed by atoms with Gasteiger partial charge < -0.3 is 15.6 Å². The van der Waals surface area contributed by atoms with Gasteiger partial charge in [-0.1, -0.05) is 11.6 Å². The second kappa shape index (κ2) is 5.06. The molecule has 0 aromatic carbocycles. The first-order valence-electron chi connectivity index (χ1n) is 5.83. The topological polar surface area (TPSA) is 75.0 Å². The van der Waals surface area contributed by atoms with Crippen LogP contribution in [-0.4, -0.2) is 29.1 Å². The van der Waals surface area contributed by atoms with Crippen LogP contribution in [0.2, 0.25) is 5.02 Å². The number of nitrogens with one attached hydrogen (secondary N) is 1. The molecule has 0 radical (unpaired) electrons. The summed E-state index contributed by atoms with van der Waals surface area (Å²) in [6, 6.07) is 0.151. The van der Waals surface area contributed by atoms with E-state index in [1.165, 1.54) is 6.33 Å². The Hall–Kier alpha value is -1.07. The van der Waals surface area contributed by atoms with Crippen molar-refractivity contribution >= 4 is 17.4 Å². The molecule has 3 N–H and O–H groups in total. The summed E-state index contributed by atoms with van der Waals surface area (Å²) in [6.07, 6.45) is 3.56. The molecule has 0 saturated carbocycles. The Kier molecular flexibility index (Phi) is 3.69. The molecule has 2 atom stereocenters. The van der Waals surface area contributed by atoms with E-state index in [2.05, 4.69) is 14.9 Å². The highest BCUT2D eigenvalue weighted by molar-refractivity contribution is 6.32. The molecule has 0 spiro atoms. The summed E-state index contributed by atoms with van der Waals surface area (Å²) in [5.74, 6) is 1.00. The molecule has 0 bridgehead atoms. The number of aromatic nitrogens is 2. The standard InChI is InChI=1S/C11H17ClN4O/c1-7(13)8-3-2-4-16(5-8)10-9(12)11(17)15-6-14-10/h6-8H,2-5,13H2,1H3,(H,14,15,17). The van der Waals surface area contributed by atoms with Gasteiger partial charge >= 0.3 is 0 Å². The van der Waals surface area contributed by atoms with Gasteiger partial charge in [-0.15, -0.1) is 0 Å². The van der Waals surface area contributed by atoms with Crippen LogP contribution in [0.3, 0.4) is 0 Å². The number of piperidine rings is 1. The van der Waals surface area contributed by atoms with E-state index in [1.54, 1.807) is 0 Å². The minimum Gasteiger partial charge on any atom is -0.355 e. The molecule has 2 unspecified atom stereocenters. The van der Waals surface area contributed by atoms with Crippen molar-refractivity contribution in [1.82, 2.24) is 9.97 Å². The number of nitrogens with zero attached hydrogens (tertiary/aromatic N) is 2. The molecule has 5 nitrogen and oxygen atoms in total.